The topological polar surface area (TPSA) is 23.8 Å². The molecule has 11 heavy (non-hydrogen) atoms. The van der Waals surface area contributed by atoms with Crippen LogP contribution < -0.4 is 0 Å². The van der Waals surface area contributed by atoms with E-state index in [1.165, 1.54) is 6.07 Å². The summed E-state index contributed by atoms with van der Waals surface area (Å²) in [5.41, 5.74) is -0.940. The second-order valence-corrected chi connectivity index (χ2v) is 1.75. The molecule has 0 N–H and O–H groups in total. The van der Waals surface area contributed by atoms with Gasteiger partial charge in [0.15, 0.2) is 17.5 Å². The summed E-state index contributed by atoms with van der Waals surface area (Å²) in [6, 6.07) is 3.44. The highest BCUT2D eigenvalue weighted by Crippen LogP contribution is 2.13. The van der Waals surface area contributed by atoms with E-state index in [1.807, 2.05) is 0 Å². The zero-order valence-electron chi connectivity index (χ0n) is 5.16. The van der Waals surface area contributed by atoms with Crippen molar-refractivity contribution < 1.29 is 13.2 Å². The van der Waals surface area contributed by atoms with Crippen LogP contribution >= 0.6 is 0 Å². The molecule has 0 amide bonds. The molecule has 0 bridgehead atoms. The molecule has 1 radical (unpaired) electrons. The van der Waals surface area contributed by atoms with Crippen molar-refractivity contribution in [1.29, 1.82) is 5.26 Å². The van der Waals surface area contributed by atoms with Gasteiger partial charge >= 0.3 is 0 Å². The van der Waals surface area contributed by atoms with E-state index in [4.69, 9.17) is 5.26 Å². The Labute approximate surface area is 60.7 Å². The molecule has 55 valence electrons. The van der Waals surface area contributed by atoms with Crippen molar-refractivity contribution >= 4 is 0 Å². The SMILES string of the molecule is N#Cc1c(F)[c]cc(F)c1F. The van der Waals surface area contributed by atoms with Crippen molar-refractivity contribution in [2.45, 2.75) is 0 Å². The fourth-order valence-corrected chi connectivity index (χ4v) is 0.576. The molecular formula is C7HF3N. The normalized spacial score (nSPS) is 9.27. The number of benzene rings is 1. The van der Waals surface area contributed by atoms with Gasteiger partial charge < -0.3 is 0 Å². The van der Waals surface area contributed by atoms with Gasteiger partial charge in [-0.05, 0) is 6.07 Å². The summed E-state index contributed by atoms with van der Waals surface area (Å²) in [6.07, 6.45) is 0. The van der Waals surface area contributed by atoms with E-state index in [9.17, 15) is 13.2 Å². The van der Waals surface area contributed by atoms with Gasteiger partial charge in [0.05, 0.1) is 0 Å². The number of halogens is 3. The molecule has 0 fully saturated rings. The van der Waals surface area contributed by atoms with Crippen LogP contribution in [0.15, 0.2) is 6.07 Å². The van der Waals surface area contributed by atoms with Crippen molar-refractivity contribution in [2.75, 3.05) is 0 Å². The van der Waals surface area contributed by atoms with Gasteiger partial charge in [0.25, 0.3) is 0 Å². The van der Waals surface area contributed by atoms with Gasteiger partial charge in [-0.25, -0.2) is 13.2 Å². The van der Waals surface area contributed by atoms with E-state index in [1.54, 1.807) is 6.07 Å². The number of nitrogens with zero attached hydrogens (tertiary/aromatic N) is 1. The van der Waals surface area contributed by atoms with Crippen LogP contribution in [0.25, 0.3) is 0 Å². The monoisotopic (exact) mass is 156 g/mol. The third kappa shape index (κ3) is 1.17. The van der Waals surface area contributed by atoms with Crippen molar-refractivity contribution in [3.63, 3.8) is 0 Å². The lowest BCUT2D eigenvalue weighted by atomic mass is 10.2. The molecule has 1 rings (SSSR count). The molecule has 4 heteroatoms. The maximum absolute atomic E-state index is 12.4. The van der Waals surface area contributed by atoms with Gasteiger partial charge in [-0.3, -0.25) is 0 Å². The number of hydrogen-bond acceptors (Lipinski definition) is 1. The third-order valence-corrected chi connectivity index (χ3v) is 1.09. The number of hydrogen-bond donors (Lipinski definition) is 0. The van der Waals surface area contributed by atoms with Crippen molar-refractivity contribution in [3.05, 3.63) is 35.1 Å². The lowest BCUT2D eigenvalue weighted by molar-refractivity contribution is 0.490. The minimum Gasteiger partial charge on any atom is -0.205 e. The second kappa shape index (κ2) is 2.62. The Morgan fingerprint density at radius 2 is 2.00 bits per heavy atom. The van der Waals surface area contributed by atoms with E-state index >= 15 is 0 Å². The van der Waals surface area contributed by atoms with Crippen molar-refractivity contribution in [1.82, 2.24) is 0 Å². The molecule has 0 aliphatic carbocycles. The fourth-order valence-electron chi connectivity index (χ4n) is 0.576. The van der Waals surface area contributed by atoms with Crippen LogP contribution in [-0.2, 0) is 0 Å². The van der Waals surface area contributed by atoms with Gasteiger partial charge in [0.2, 0.25) is 0 Å². The first-order valence-corrected chi connectivity index (χ1v) is 2.62. The summed E-state index contributed by atoms with van der Waals surface area (Å²) in [7, 11) is 0. The predicted molar refractivity (Wildman–Crippen MR) is 29.9 cm³/mol. The Bertz CT molecular complexity index is 327. The first-order valence-electron chi connectivity index (χ1n) is 2.62. The van der Waals surface area contributed by atoms with Crippen LogP contribution in [-0.4, -0.2) is 0 Å². The van der Waals surface area contributed by atoms with E-state index in [0.717, 1.165) is 0 Å². The Balaban J connectivity index is 3.44. The van der Waals surface area contributed by atoms with Gasteiger partial charge in [-0.2, -0.15) is 5.26 Å². The zero-order chi connectivity index (χ0) is 8.43. The average Bonchev–Trinajstić information content (AvgIpc) is 1.99. The summed E-state index contributed by atoms with van der Waals surface area (Å²) < 4.78 is 37.0. The largest absolute Gasteiger partial charge is 0.205 e. The first kappa shape index (κ1) is 7.61. The summed E-state index contributed by atoms with van der Waals surface area (Å²) in [5.74, 6) is -3.92. The molecule has 0 saturated carbocycles. The predicted octanol–water partition coefficient (Wildman–Crippen LogP) is 1.78. The average molecular weight is 156 g/mol. The maximum atomic E-state index is 12.4. The van der Waals surface area contributed by atoms with Crippen LogP contribution in [0.2, 0.25) is 0 Å². The quantitative estimate of drug-likeness (QED) is 0.525. The lowest BCUT2D eigenvalue weighted by Crippen LogP contribution is -1.93. The minimum absolute atomic E-state index is 0.505. The summed E-state index contributed by atoms with van der Waals surface area (Å²) in [4.78, 5) is 0. The first-order chi connectivity index (χ1) is 5.16. The Kier molecular flexibility index (Phi) is 1.81. The minimum atomic E-state index is -1.47. The van der Waals surface area contributed by atoms with Crippen LogP contribution in [0.4, 0.5) is 13.2 Å². The Hall–Kier alpha value is -1.50. The molecular weight excluding hydrogens is 155 g/mol. The number of rotatable bonds is 0. The van der Waals surface area contributed by atoms with Gasteiger partial charge in [0.1, 0.15) is 11.6 Å². The molecule has 1 aromatic rings. The van der Waals surface area contributed by atoms with Crippen LogP contribution in [0.1, 0.15) is 5.56 Å². The fraction of sp³-hybridized carbons (Fsp3) is 0. The molecule has 1 aromatic carbocycles. The van der Waals surface area contributed by atoms with Crippen molar-refractivity contribution in [2.24, 2.45) is 0 Å². The molecule has 0 saturated heterocycles. The molecule has 1 nitrogen and oxygen atoms in total. The second-order valence-electron chi connectivity index (χ2n) is 1.75. The van der Waals surface area contributed by atoms with Crippen LogP contribution in [0.5, 0.6) is 0 Å². The van der Waals surface area contributed by atoms with E-state index < -0.39 is 23.0 Å². The summed E-state index contributed by atoms with van der Waals surface area (Å²) in [6.45, 7) is 0. The van der Waals surface area contributed by atoms with E-state index in [-0.39, 0.29) is 0 Å². The maximum Gasteiger partial charge on any atom is 0.179 e. The molecule has 0 spiro atoms. The van der Waals surface area contributed by atoms with Gasteiger partial charge in [-0.15, -0.1) is 0 Å². The Morgan fingerprint density at radius 3 is 2.45 bits per heavy atom. The van der Waals surface area contributed by atoms with Crippen LogP contribution in [0.3, 0.4) is 0 Å². The smallest absolute Gasteiger partial charge is 0.179 e. The molecule has 0 aliphatic rings. The van der Waals surface area contributed by atoms with Gasteiger partial charge in [-0.1, -0.05) is 0 Å². The molecule has 0 aliphatic heterocycles. The molecule has 0 heterocycles. The van der Waals surface area contributed by atoms with Crippen molar-refractivity contribution in [3.8, 4) is 6.07 Å². The molecule has 0 aromatic heterocycles. The highest BCUT2D eigenvalue weighted by Gasteiger charge is 2.12. The highest BCUT2D eigenvalue weighted by molar-refractivity contribution is 5.31. The summed E-state index contributed by atoms with van der Waals surface area (Å²) in [5, 5.41) is 8.11. The zero-order valence-corrected chi connectivity index (χ0v) is 5.16. The lowest BCUT2D eigenvalue weighted by Gasteiger charge is -1.94. The van der Waals surface area contributed by atoms with E-state index in [2.05, 4.69) is 0 Å². The number of nitriles is 1. The van der Waals surface area contributed by atoms with E-state index in [0.29, 0.717) is 6.07 Å². The molecule has 0 atom stereocenters. The Morgan fingerprint density at radius 1 is 1.36 bits per heavy atom. The molecule has 0 unspecified atom stereocenters. The highest BCUT2D eigenvalue weighted by atomic mass is 19.2. The third-order valence-electron chi connectivity index (χ3n) is 1.09. The van der Waals surface area contributed by atoms with Crippen LogP contribution in [0, 0.1) is 34.8 Å². The summed E-state index contributed by atoms with van der Waals surface area (Å²) >= 11 is 0. The standard InChI is InChI=1S/C7HF3N/c8-5-1-2-6(9)7(10)4(5)3-11/h2H. The van der Waals surface area contributed by atoms with Gasteiger partial charge in [0, 0.05) is 6.07 Å².